The van der Waals surface area contributed by atoms with Crippen LogP contribution in [0.4, 0.5) is 0 Å². The van der Waals surface area contributed by atoms with Crippen LogP contribution in [-0.2, 0) is 4.79 Å². The number of pyridine rings is 1. The molecule has 6 heteroatoms. The van der Waals surface area contributed by atoms with Crippen LogP contribution in [-0.4, -0.2) is 32.7 Å². The standard InChI is InChI=1S/C21H23N5O/c1-22-21(27)18-10-6-5-9-17(18)20-24-19(15-11-13-23-14-12-15)25-26(20)16-7-3-2-4-8-16/h2-4,7-8,11-14,17-18H,5-6,9-10H2,1H3,(H,22,27). The first-order valence-electron chi connectivity index (χ1n) is 9.42. The fourth-order valence-electron chi connectivity index (χ4n) is 3.89. The van der Waals surface area contributed by atoms with Crippen molar-refractivity contribution in [3.05, 3.63) is 60.7 Å². The molecule has 2 unspecified atom stereocenters. The molecular weight excluding hydrogens is 338 g/mol. The molecule has 2 aromatic heterocycles. The van der Waals surface area contributed by atoms with Crippen molar-refractivity contribution < 1.29 is 4.79 Å². The Balaban J connectivity index is 1.82. The van der Waals surface area contributed by atoms with E-state index in [1.807, 2.05) is 47.1 Å². The van der Waals surface area contributed by atoms with Gasteiger partial charge in [-0.05, 0) is 37.1 Å². The Morgan fingerprint density at radius 3 is 2.56 bits per heavy atom. The van der Waals surface area contributed by atoms with E-state index in [0.29, 0.717) is 5.82 Å². The summed E-state index contributed by atoms with van der Waals surface area (Å²) in [4.78, 5) is 21.5. The summed E-state index contributed by atoms with van der Waals surface area (Å²) in [6.45, 7) is 0. The van der Waals surface area contributed by atoms with Crippen molar-refractivity contribution in [1.29, 1.82) is 0 Å². The quantitative estimate of drug-likeness (QED) is 0.773. The maximum atomic E-state index is 12.5. The lowest BCUT2D eigenvalue weighted by atomic mass is 9.78. The lowest BCUT2D eigenvalue weighted by molar-refractivity contribution is -0.126. The zero-order valence-electron chi connectivity index (χ0n) is 15.4. The summed E-state index contributed by atoms with van der Waals surface area (Å²) in [7, 11) is 1.71. The number of carbonyl (C=O) groups is 1. The summed E-state index contributed by atoms with van der Waals surface area (Å²) in [5.74, 6) is 1.61. The SMILES string of the molecule is CNC(=O)C1CCCCC1c1nc(-c2ccncc2)nn1-c1ccccc1. The monoisotopic (exact) mass is 361 g/mol. The van der Waals surface area contributed by atoms with E-state index in [4.69, 9.17) is 10.1 Å². The fourth-order valence-corrected chi connectivity index (χ4v) is 3.89. The van der Waals surface area contributed by atoms with Gasteiger partial charge in [-0.3, -0.25) is 9.78 Å². The molecule has 1 aliphatic carbocycles. The highest BCUT2D eigenvalue weighted by molar-refractivity contribution is 5.79. The molecule has 3 aromatic rings. The third kappa shape index (κ3) is 3.47. The normalized spacial score (nSPS) is 19.6. The number of hydrogen-bond donors (Lipinski definition) is 1. The largest absolute Gasteiger partial charge is 0.359 e. The van der Waals surface area contributed by atoms with Gasteiger partial charge in [0.25, 0.3) is 0 Å². The minimum absolute atomic E-state index is 0.0574. The smallest absolute Gasteiger partial charge is 0.223 e. The molecule has 0 bridgehead atoms. The first kappa shape index (κ1) is 17.4. The molecule has 1 aromatic carbocycles. The van der Waals surface area contributed by atoms with Gasteiger partial charge in [-0.1, -0.05) is 31.0 Å². The Kier molecular flexibility index (Phi) is 4.96. The van der Waals surface area contributed by atoms with Crippen LogP contribution in [0, 0.1) is 5.92 Å². The third-order valence-electron chi connectivity index (χ3n) is 5.25. The van der Waals surface area contributed by atoms with Gasteiger partial charge < -0.3 is 5.32 Å². The molecule has 1 fully saturated rings. The lowest BCUT2D eigenvalue weighted by Gasteiger charge is -2.29. The van der Waals surface area contributed by atoms with Crippen LogP contribution in [0.15, 0.2) is 54.9 Å². The van der Waals surface area contributed by atoms with Crippen molar-refractivity contribution in [2.45, 2.75) is 31.6 Å². The van der Waals surface area contributed by atoms with E-state index in [9.17, 15) is 4.79 Å². The number of benzene rings is 1. The number of aromatic nitrogens is 4. The maximum absolute atomic E-state index is 12.5. The summed E-state index contributed by atoms with van der Waals surface area (Å²) in [6, 6.07) is 13.8. The molecule has 2 heterocycles. The second kappa shape index (κ2) is 7.70. The van der Waals surface area contributed by atoms with Gasteiger partial charge in [-0.25, -0.2) is 9.67 Å². The Morgan fingerprint density at radius 1 is 1.07 bits per heavy atom. The van der Waals surface area contributed by atoms with Crippen molar-refractivity contribution in [2.75, 3.05) is 7.05 Å². The summed E-state index contributed by atoms with van der Waals surface area (Å²) in [5, 5.41) is 7.62. The molecule has 138 valence electrons. The molecule has 6 nitrogen and oxygen atoms in total. The zero-order valence-corrected chi connectivity index (χ0v) is 15.4. The van der Waals surface area contributed by atoms with E-state index in [-0.39, 0.29) is 17.7 Å². The fraction of sp³-hybridized carbons (Fsp3) is 0.333. The highest BCUT2D eigenvalue weighted by Crippen LogP contribution is 2.38. The van der Waals surface area contributed by atoms with Crippen LogP contribution < -0.4 is 5.32 Å². The number of rotatable bonds is 4. The van der Waals surface area contributed by atoms with Gasteiger partial charge >= 0.3 is 0 Å². The minimum Gasteiger partial charge on any atom is -0.359 e. The van der Waals surface area contributed by atoms with Gasteiger partial charge in [0.05, 0.1) is 5.69 Å². The first-order chi connectivity index (χ1) is 13.3. The second-order valence-corrected chi connectivity index (χ2v) is 6.89. The first-order valence-corrected chi connectivity index (χ1v) is 9.42. The molecule has 1 N–H and O–H groups in total. The molecule has 1 aliphatic rings. The van der Waals surface area contributed by atoms with Crippen LogP contribution in [0.2, 0.25) is 0 Å². The van der Waals surface area contributed by atoms with E-state index in [2.05, 4.69) is 10.3 Å². The number of amides is 1. The Morgan fingerprint density at radius 2 is 1.81 bits per heavy atom. The predicted molar refractivity (Wildman–Crippen MR) is 103 cm³/mol. The third-order valence-corrected chi connectivity index (χ3v) is 5.25. The van der Waals surface area contributed by atoms with Gasteiger partial charge in [0, 0.05) is 36.8 Å². The number of nitrogens with one attached hydrogen (secondary N) is 1. The summed E-state index contributed by atoms with van der Waals surface area (Å²) < 4.78 is 1.90. The second-order valence-electron chi connectivity index (χ2n) is 6.89. The van der Waals surface area contributed by atoms with E-state index in [1.165, 1.54) is 0 Å². The van der Waals surface area contributed by atoms with Crippen molar-refractivity contribution in [1.82, 2.24) is 25.1 Å². The van der Waals surface area contributed by atoms with Gasteiger partial charge in [-0.2, -0.15) is 0 Å². The van der Waals surface area contributed by atoms with Crippen molar-refractivity contribution in [3.63, 3.8) is 0 Å². The molecule has 4 rings (SSSR count). The molecule has 0 aliphatic heterocycles. The van der Waals surface area contributed by atoms with E-state index >= 15 is 0 Å². The van der Waals surface area contributed by atoms with Gasteiger partial charge in [-0.15, -0.1) is 5.10 Å². The lowest BCUT2D eigenvalue weighted by Crippen LogP contribution is -2.34. The molecule has 0 saturated heterocycles. The molecule has 1 amide bonds. The minimum atomic E-state index is -0.0688. The summed E-state index contributed by atoms with van der Waals surface area (Å²) >= 11 is 0. The Labute approximate surface area is 158 Å². The molecular formula is C21H23N5O. The zero-order chi connectivity index (χ0) is 18.6. The molecule has 2 atom stereocenters. The van der Waals surface area contributed by atoms with E-state index < -0.39 is 0 Å². The summed E-state index contributed by atoms with van der Waals surface area (Å²) in [5.41, 5.74) is 1.88. The molecule has 1 saturated carbocycles. The topological polar surface area (TPSA) is 72.7 Å². The average Bonchev–Trinajstić information content (AvgIpc) is 3.20. The van der Waals surface area contributed by atoms with Crippen molar-refractivity contribution >= 4 is 5.91 Å². The number of carbonyl (C=O) groups excluding carboxylic acids is 1. The van der Waals surface area contributed by atoms with Crippen LogP contribution in [0.1, 0.15) is 37.4 Å². The van der Waals surface area contributed by atoms with Gasteiger partial charge in [0.2, 0.25) is 5.91 Å². The number of nitrogens with zero attached hydrogens (tertiary/aromatic N) is 4. The maximum Gasteiger partial charge on any atom is 0.223 e. The van der Waals surface area contributed by atoms with Crippen LogP contribution in [0.25, 0.3) is 17.1 Å². The Hall–Kier alpha value is -3.02. The molecule has 0 spiro atoms. The molecule has 0 radical (unpaired) electrons. The predicted octanol–water partition coefficient (Wildman–Crippen LogP) is 3.35. The van der Waals surface area contributed by atoms with Gasteiger partial charge in [0.1, 0.15) is 5.82 Å². The molecule has 27 heavy (non-hydrogen) atoms. The number of para-hydroxylation sites is 1. The van der Waals surface area contributed by atoms with Crippen LogP contribution >= 0.6 is 0 Å². The number of hydrogen-bond acceptors (Lipinski definition) is 4. The van der Waals surface area contributed by atoms with E-state index in [0.717, 1.165) is 42.8 Å². The Bertz CT molecular complexity index is 907. The van der Waals surface area contributed by atoms with Crippen LogP contribution in [0.3, 0.4) is 0 Å². The highest BCUT2D eigenvalue weighted by atomic mass is 16.1. The van der Waals surface area contributed by atoms with Crippen molar-refractivity contribution in [3.8, 4) is 17.1 Å². The van der Waals surface area contributed by atoms with Crippen LogP contribution in [0.5, 0.6) is 0 Å². The van der Waals surface area contributed by atoms with Crippen molar-refractivity contribution in [2.24, 2.45) is 5.92 Å². The van der Waals surface area contributed by atoms with Gasteiger partial charge in [0.15, 0.2) is 5.82 Å². The summed E-state index contributed by atoms with van der Waals surface area (Å²) in [6.07, 6.45) is 7.49. The average molecular weight is 361 g/mol. The van der Waals surface area contributed by atoms with E-state index in [1.54, 1.807) is 19.4 Å². The highest BCUT2D eigenvalue weighted by Gasteiger charge is 2.35.